The Bertz CT molecular complexity index is 757. The molecule has 2 aromatic carbocycles. The van der Waals surface area contributed by atoms with E-state index in [4.69, 9.17) is 10.5 Å². The monoisotopic (exact) mass is 402 g/mol. The van der Waals surface area contributed by atoms with E-state index in [2.05, 4.69) is 5.32 Å². The Morgan fingerprint density at radius 1 is 1.11 bits per heavy atom. The first-order valence-electron chi connectivity index (χ1n) is 8.17. The lowest BCUT2D eigenvalue weighted by Crippen LogP contribution is -2.32. The molecule has 0 bridgehead atoms. The number of methoxy groups -OCH3 is 1. The third kappa shape index (κ3) is 7.11. The van der Waals surface area contributed by atoms with Gasteiger partial charge in [0, 0.05) is 18.7 Å². The first-order chi connectivity index (χ1) is 12.4. The molecule has 0 aliphatic carbocycles. The molecule has 0 radical (unpaired) electrons. The van der Waals surface area contributed by atoms with Gasteiger partial charge in [-0.3, -0.25) is 4.79 Å². The number of ether oxygens (including phenoxy) is 1. The van der Waals surface area contributed by atoms with Gasteiger partial charge in [0.05, 0.1) is 13.5 Å². The number of halogens is 4. The first-order valence-corrected chi connectivity index (χ1v) is 8.17. The molecule has 0 fully saturated rings. The molecule has 148 valence electrons. The van der Waals surface area contributed by atoms with E-state index in [-0.39, 0.29) is 36.7 Å². The normalized spacial score (nSPS) is 11.4. The molecular formula is C19H22ClF3N2O2. The van der Waals surface area contributed by atoms with Crippen LogP contribution in [0.5, 0.6) is 5.75 Å². The minimum Gasteiger partial charge on any atom is -0.497 e. The van der Waals surface area contributed by atoms with Gasteiger partial charge in [0.25, 0.3) is 0 Å². The molecule has 1 atom stereocenters. The van der Waals surface area contributed by atoms with E-state index in [1.54, 1.807) is 31.4 Å². The van der Waals surface area contributed by atoms with E-state index in [0.717, 1.165) is 11.6 Å². The van der Waals surface area contributed by atoms with Gasteiger partial charge in [-0.2, -0.15) is 0 Å². The summed E-state index contributed by atoms with van der Waals surface area (Å²) in [6.45, 7) is 0.307. The Morgan fingerprint density at radius 2 is 1.74 bits per heavy atom. The van der Waals surface area contributed by atoms with Gasteiger partial charge in [-0.25, -0.2) is 13.2 Å². The second-order valence-corrected chi connectivity index (χ2v) is 5.99. The molecule has 0 aliphatic rings. The number of rotatable bonds is 8. The lowest BCUT2D eigenvalue weighted by atomic mass is 10.0. The maximum atomic E-state index is 13.6. The standard InChI is InChI=1S/C19H21F3N2O2.ClH/c1-26-15-4-2-12(3-5-15)8-19(25)24-7-6-14(23)9-13-10-17(21)18(22)11-16(13)20;/h2-5,10-11,14H,6-9,23H2,1H3,(H,24,25);1H/t14-;/m0./s1. The molecule has 2 rings (SSSR count). The number of hydrogen-bond donors (Lipinski definition) is 2. The highest BCUT2D eigenvalue weighted by atomic mass is 35.5. The first kappa shape index (κ1) is 22.8. The molecule has 0 aliphatic heterocycles. The number of nitrogens with one attached hydrogen (secondary N) is 1. The molecule has 0 heterocycles. The molecule has 0 saturated heterocycles. The van der Waals surface area contributed by atoms with E-state index < -0.39 is 23.5 Å². The fourth-order valence-corrected chi connectivity index (χ4v) is 2.49. The lowest BCUT2D eigenvalue weighted by Gasteiger charge is -2.13. The number of hydrogen-bond acceptors (Lipinski definition) is 3. The van der Waals surface area contributed by atoms with Crippen molar-refractivity contribution in [2.75, 3.05) is 13.7 Å². The maximum Gasteiger partial charge on any atom is 0.224 e. The van der Waals surface area contributed by atoms with Crippen molar-refractivity contribution in [2.24, 2.45) is 5.73 Å². The van der Waals surface area contributed by atoms with E-state index in [1.807, 2.05) is 0 Å². The average molecular weight is 403 g/mol. The number of carbonyl (C=O) groups is 1. The van der Waals surface area contributed by atoms with Crippen LogP contribution in [0.1, 0.15) is 17.5 Å². The van der Waals surface area contributed by atoms with Crippen molar-refractivity contribution in [2.45, 2.75) is 25.3 Å². The highest BCUT2D eigenvalue weighted by Crippen LogP contribution is 2.15. The summed E-state index contributed by atoms with van der Waals surface area (Å²) < 4.78 is 44.7. The number of benzene rings is 2. The summed E-state index contributed by atoms with van der Waals surface area (Å²) in [5.74, 6) is -2.62. The summed E-state index contributed by atoms with van der Waals surface area (Å²) >= 11 is 0. The summed E-state index contributed by atoms with van der Waals surface area (Å²) in [6, 6.07) is 7.98. The number of carbonyl (C=O) groups excluding carboxylic acids is 1. The van der Waals surface area contributed by atoms with Crippen LogP contribution < -0.4 is 15.8 Å². The molecule has 0 unspecified atom stereocenters. The highest BCUT2D eigenvalue weighted by Gasteiger charge is 2.13. The summed E-state index contributed by atoms with van der Waals surface area (Å²) in [5.41, 5.74) is 6.74. The largest absolute Gasteiger partial charge is 0.497 e. The summed E-state index contributed by atoms with van der Waals surface area (Å²) in [7, 11) is 1.57. The smallest absolute Gasteiger partial charge is 0.224 e. The van der Waals surface area contributed by atoms with Crippen molar-refractivity contribution in [3.05, 3.63) is 65.0 Å². The van der Waals surface area contributed by atoms with Gasteiger partial charge < -0.3 is 15.8 Å². The quantitative estimate of drug-likeness (QED) is 0.667. The van der Waals surface area contributed by atoms with Crippen molar-refractivity contribution in [3.63, 3.8) is 0 Å². The molecular weight excluding hydrogens is 381 g/mol. The van der Waals surface area contributed by atoms with Crippen molar-refractivity contribution < 1.29 is 22.7 Å². The average Bonchev–Trinajstić information content (AvgIpc) is 2.60. The molecule has 1 amide bonds. The van der Waals surface area contributed by atoms with Crippen LogP contribution in [0.25, 0.3) is 0 Å². The van der Waals surface area contributed by atoms with Crippen LogP contribution in [-0.4, -0.2) is 25.6 Å². The Kier molecular flexibility index (Phi) is 9.11. The summed E-state index contributed by atoms with van der Waals surface area (Å²) in [5, 5.41) is 2.73. The fraction of sp³-hybridized carbons (Fsp3) is 0.316. The van der Waals surface area contributed by atoms with Crippen LogP contribution in [0, 0.1) is 17.5 Å². The topological polar surface area (TPSA) is 64.3 Å². The van der Waals surface area contributed by atoms with Gasteiger partial charge >= 0.3 is 0 Å². The Morgan fingerprint density at radius 3 is 2.37 bits per heavy atom. The molecule has 8 heteroatoms. The Hall–Kier alpha value is -2.25. The SMILES string of the molecule is COc1ccc(CC(=O)NCC[C@H](N)Cc2cc(F)c(F)cc2F)cc1.Cl. The molecule has 4 nitrogen and oxygen atoms in total. The van der Waals surface area contributed by atoms with Crippen molar-refractivity contribution in [1.29, 1.82) is 0 Å². The van der Waals surface area contributed by atoms with Gasteiger partial charge in [0.2, 0.25) is 5.91 Å². The minimum absolute atomic E-state index is 0. The molecule has 0 aromatic heterocycles. The Labute approximate surface area is 162 Å². The van der Waals surface area contributed by atoms with Gasteiger partial charge in [-0.15, -0.1) is 12.4 Å². The third-order valence-corrected chi connectivity index (χ3v) is 3.93. The molecule has 3 N–H and O–H groups in total. The molecule has 0 spiro atoms. The van der Waals surface area contributed by atoms with E-state index in [9.17, 15) is 18.0 Å². The van der Waals surface area contributed by atoms with Crippen LogP contribution in [0.3, 0.4) is 0 Å². The van der Waals surface area contributed by atoms with Crippen LogP contribution in [0.15, 0.2) is 36.4 Å². The fourth-order valence-electron chi connectivity index (χ4n) is 2.49. The second-order valence-electron chi connectivity index (χ2n) is 5.99. The van der Waals surface area contributed by atoms with Crippen molar-refractivity contribution in [1.82, 2.24) is 5.32 Å². The zero-order valence-corrected chi connectivity index (χ0v) is 15.6. The number of amides is 1. The number of nitrogens with two attached hydrogens (primary N) is 1. The van der Waals surface area contributed by atoms with Gasteiger partial charge in [0.15, 0.2) is 11.6 Å². The van der Waals surface area contributed by atoms with Crippen molar-refractivity contribution >= 4 is 18.3 Å². The van der Waals surface area contributed by atoms with E-state index >= 15 is 0 Å². The van der Waals surface area contributed by atoms with Crippen LogP contribution >= 0.6 is 12.4 Å². The zero-order valence-electron chi connectivity index (χ0n) is 14.8. The van der Waals surface area contributed by atoms with Crippen LogP contribution in [0.2, 0.25) is 0 Å². The second kappa shape index (κ2) is 10.8. The summed E-state index contributed by atoms with van der Waals surface area (Å²) in [4.78, 5) is 11.9. The molecule has 27 heavy (non-hydrogen) atoms. The van der Waals surface area contributed by atoms with E-state index in [0.29, 0.717) is 24.8 Å². The third-order valence-electron chi connectivity index (χ3n) is 3.93. The maximum absolute atomic E-state index is 13.6. The Balaban J connectivity index is 0.00000364. The van der Waals surface area contributed by atoms with Crippen LogP contribution in [-0.2, 0) is 17.6 Å². The predicted octanol–water partition coefficient (Wildman–Crippen LogP) is 3.15. The predicted molar refractivity (Wildman–Crippen MR) is 99.6 cm³/mol. The van der Waals surface area contributed by atoms with Gasteiger partial charge in [-0.1, -0.05) is 12.1 Å². The van der Waals surface area contributed by atoms with Crippen LogP contribution in [0.4, 0.5) is 13.2 Å². The van der Waals surface area contributed by atoms with Gasteiger partial charge in [-0.05, 0) is 42.2 Å². The van der Waals surface area contributed by atoms with Gasteiger partial charge in [0.1, 0.15) is 11.6 Å². The minimum atomic E-state index is -1.23. The molecule has 0 saturated carbocycles. The van der Waals surface area contributed by atoms with Crippen molar-refractivity contribution in [3.8, 4) is 5.75 Å². The zero-order chi connectivity index (χ0) is 19.1. The molecule has 2 aromatic rings. The van der Waals surface area contributed by atoms with E-state index in [1.165, 1.54) is 0 Å². The lowest BCUT2D eigenvalue weighted by molar-refractivity contribution is -0.120. The summed E-state index contributed by atoms with van der Waals surface area (Å²) in [6.07, 6.45) is 0.654. The highest BCUT2D eigenvalue weighted by molar-refractivity contribution is 5.85.